The van der Waals surface area contributed by atoms with Crippen molar-refractivity contribution in [3.8, 4) is 10.4 Å². The Morgan fingerprint density at radius 2 is 1.74 bits per heavy atom. The maximum absolute atomic E-state index is 13.7. The number of thiazole rings is 1. The highest BCUT2D eigenvalue weighted by atomic mass is 32.1. The van der Waals surface area contributed by atoms with Crippen molar-refractivity contribution in [2.45, 2.75) is 58.8 Å². The maximum atomic E-state index is 13.7. The molecule has 0 radical (unpaired) electrons. The molecule has 1 saturated heterocycles. The Morgan fingerprint density at radius 1 is 1.10 bits per heavy atom. The normalized spacial score (nSPS) is 17.9. The van der Waals surface area contributed by atoms with Crippen LogP contribution in [0.1, 0.15) is 38.4 Å². The Labute approximate surface area is 253 Å². The van der Waals surface area contributed by atoms with E-state index in [1.54, 1.807) is 11.3 Å². The van der Waals surface area contributed by atoms with Crippen LogP contribution in [0.25, 0.3) is 10.4 Å². The van der Waals surface area contributed by atoms with Crippen molar-refractivity contribution in [1.82, 2.24) is 20.5 Å². The zero-order valence-corrected chi connectivity index (χ0v) is 26.1. The first-order valence-electron chi connectivity index (χ1n) is 14.5. The highest BCUT2D eigenvalue weighted by Crippen LogP contribution is 2.28. The van der Waals surface area contributed by atoms with Gasteiger partial charge in [-0.3, -0.25) is 9.59 Å². The van der Waals surface area contributed by atoms with Crippen LogP contribution in [0.2, 0.25) is 0 Å². The van der Waals surface area contributed by atoms with E-state index >= 15 is 0 Å². The lowest BCUT2D eigenvalue weighted by Gasteiger charge is -2.35. The average Bonchev–Trinajstić information content (AvgIpc) is 3.57. The van der Waals surface area contributed by atoms with E-state index in [0.29, 0.717) is 59.3 Å². The standard InChI is InChI=1S/C30H47N5O6S/c1-21-26(42-20-34-21)23-7-5-22(6-8-23)18-33-28(37)25-17-24(36)19-35(25)29(38)27(30(2,3)4)32-10-12-40-14-16-41-15-13-39-11-9-31/h5-8,20,24-25,27,32,36H,9-19,31H2,1-4H3,(H,33,37)/t24-,25+,27-/m1/s1. The first-order valence-corrected chi connectivity index (χ1v) is 15.4. The maximum Gasteiger partial charge on any atom is 0.243 e. The molecule has 2 amide bonds. The van der Waals surface area contributed by atoms with E-state index in [9.17, 15) is 14.7 Å². The predicted molar refractivity (Wildman–Crippen MR) is 163 cm³/mol. The van der Waals surface area contributed by atoms with Crippen LogP contribution in [-0.4, -0.2) is 104 Å². The monoisotopic (exact) mass is 605 g/mol. The van der Waals surface area contributed by atoms with Crippen LogP contribution in [-0.2, 0) is 30.3 Å². The zero-order chi connectivity index (χ0) is 30.5. The summed E-state index contributed by atoms with van der Waals surface area (Å²) < 4.78 is 16.3. The Hall–Kier alpha value is -2.45. The zero-order valence-electron chi connectivity index (χ0n) is 25.3. The van der Waals surface area contributed by atoms with Gasteiger partial charge in [0.25, 0.3) is 0 Å². The average molecular weight is 606 g/mol. The van der Waals surface area contributed by atoms with Crippen molar-refractivity contribution in [1.29, 1.82) is 0 Å². The van der Waals surface area contributed by atoms with E-state index in [1.165, 1.54) is 4.90 Å². The second-order valence-electron chi connectivity index (χ2n) is 11.5. The van der Waals surface area contributed by atoms with Gasteiger partial charge >= 0.3 is 0 Å². The third kappa shape index (κ3) is 10.4. The van der Waals surface area contributed by atoms with E-state index in [1.807, 2.05) is 57.5 Å². The van der Waals surface area contributed by atoms with E-state index < -0.39 is 23.6 Å². The molecule has 234 valence electrons. The SMILES string of the molecule is Cc1ncsc1-c1ccc(CNC(=O)[C@@H]2C[C@@H](O)CN2C(=O)[C@@H](NCCOCCOCCOCCN)C(C)(C)C)cc1. The number of aliphatic hydroxyl groups is 1. The first-order chi connectivity index (χ1) is 20.1. The third-order valence-corrected chi connectivity index (χ3v) is 7.98. The second-order valence-corrected chi connectivity index (χ2v) is 12.3. The number of ether oxygens (including phenoxy) is 3. The third-order valence-electron chi connectivity index (χ3n) is 7.01. The number of hydrogen-bond donors (Lipinski definition) is 4. The van der Waals surface area contributed by atoms with Gasteiger partial charge in [0.15, 0.2) is 0 Å². The number of carbonyl (C=O) groups is 2. The number of benzene rings is 1. The molecule has 0 unspecified atom stereocenters. The van der Waals surface area contributed by atoms with Crippen molar-refractivity contribution in [2.24, 2.45) is 11.1 Å². The Balaban J connectivity index is 1.48. The van der Waals surface area contributed by atoms with Gasteiger partial charge in [0.1, 0.15) is 6.04 Å². The number of carbonyl (C=O) groups excluding carboxylic acids is 2. The molecule has 0 bridgehead atoms. The number of aliphatic hydroxyl groups excluding tert-OH is 1. The Bertz CT molecular complexity index is 1110. The lowest BCUT2D eigenvalue weighted by molar-refractivity contribution is -0.142. The van der Waals surface area contributed by atoms with E-state index in [2.05, 4.69) is 15.6 Å². The van der Waals surface area contributed by atoms with Crippen molar-refractivity contribution in [3.63, 3.8) is 0 Å². The number of rotatable bonds is 17. The molecule has 1 fully saturated rings. The molecule has 3 rings (SSSR count). The summed E-state index contributed by atoms with van der Waals surface area (Å²) in [5.41, 5.74) is 9.81. The molecule has 0 saturated carbocycles. The Morgan fingerprint density at radius 3 is 2.33 bits per heavy atom. The van der Waals surface area contributed by atoms with Crippen molar-refractivity contribution in [3.05, 3.63) is 41.0 Å². The molecular weight excluding hydrogens is 558 g/mol. The van der Waals surface area contributed by atoms with Crippen LogP contribution in [0, 0.1) is 12.3 Å². The number of aromatic nitrogens is 1. The minimum atomic E-state index is -0.753. The number of nitrogens with two attached hydrogens (primary N) is 1. The van der Waals surface area contributed by atoms with E-state index in [-0.39, 0.29) is 24.8 Å². The van der Waals surface area contributed by atoms with Crippen LogP contribution >= 0.6 is 11.3 Å². The highest BCUT2D eigenvalue weighted by Gasteiger charge is 2.43. The van der Waals surface area contributed by atoms with Crippen LogP contribution in [0.4, 0.5) is 0 Å². The fourth-order valence-electron chi connectivity index (χ4n) is 4.80. The van der Waals surface area contributed by atoms with Crippen LogP contribution < -0.4 is 16.4 Å². The molecule has 1 aromatic heterocycles. The second kappa shape index (κ2) is 17.0. The van der Waals surface area contributed by atoms with Crippen LogP contribution in [0.5, 0.6) is 0 Å². The molecule has 0 spiro atoms. The van der Waals surface area contributed by atoms with Crippen molar-refractivity contribution >= 4 is 23.2 Å². The Kier molecular flexibility index (Phi) is 13.8. The summed E-state index contributed by atoms with van der Waals surface area (Å²) in [6.07, 6.45) is -0.547. The highest BCUT2D eigenvalue weighted by molar-refractivity contribution is 7.13. The number of nitrogens with one attached hydrogen (secondary N) is 2. The summed E-state index contributed by atoms with van der Waals surface area (Å²) in [6.45, 7) is 12.1. The van der Waals surface area contributed by atoms with E-state index in [0.717, 1.165) is 21.7 Å². The molecule has 1 aromatic carbocycles. The number of amides is 2. The topological polar surface area (TPSA) is 148 Å². The smallest absolute Gasteiger partial charge is 0.243 e. The molecule has 3 atom stereocenters. The quantitative estimate of drug-likeness (QED) is 0.198. The summed E-state index contributed by atoms with van der Waals surface area (Å²) in [7, 11) is 0. The van der Waals surface area contributed by atoms with Crippen LogP contribution in [0.3, 0.4) is 0 Å². The molecular formula is C30H47N5O6S. The number of β-amino-alcohol motifs (C(OH)–C–C–N with tert-alkyl or cyclic N) is 1. The predicted octanol–water partition coefficient (Wildman–Crippen LogP) is 1.71. The molecule has 12 heteroatoms. The molecule has 1 aliphatic heterocycles. The number of aryl methyl sites for hydroxylation is 1. The lowest BCUT2D eigenvalue weighted by Crippen LogP contribution is -2.57. The first kappa shape index (κ1) is 34.0. The van der Waals surface area contributed by atoms with Gasteiger partial charge in [0.2, 0.25) is 11.8 Å². The van der Waals surface area contributed by atoms with Gasteiger partial charge in [-0.2, -0.15) is 0 Å². The van der Waals surface area contributed by atoms with Gasteiger partial charge in [0.05, 0.1) is 67.9 Å². The molecule has 5 N–H and O–H groups in total. The fraction of sp³-hybridized carbons (Fsp3) is 0.633. The summed E-state index contributed by atoms with van der Waals surface area (Å²) in [5.74, 6) is -0.476. The number of nitrogens with zero attached hydrogens (tertiary/aromatic N) is 2. The van der Waals surface area contributed by atoms with Gasteiger partial charge in [0, 0.05) is 32.6 Å². The number of likely N-dealkylation sites (tertiary alicyclic amines) is 1. The summed E-state index contributed by atoms with van der Waals surface area (Å²) >= 11 is 1.60. The molecule has 11 nitrogen and oxygen atoms in total. The lowest BCUT2D eigenvalue weighted by atomic mass is 9.85. The number of hydrogen-bond acceptors (Lipinski definition) is 10. The minimum Gasteiger partial charge on any atom is -0.391 e. The summed E-state index contributed by atoms with van der Waals surface area (Å²) in [5, 5.41) is 16.7. The molecule has 0 aliphatic carbocycles. The van der Waals surface area contributed by atoms with Gasteiger partial charge in [-0.05, 0) is 23.5 Å². The van der Waals surface area contributed by atoms with Gasteiger partial charge in [-0.1, -0.05) is 45.0 Å². The van der Waals surface area contributed by atoms with Gasteiger partial charge < -0.3 is 40.6 Å². The van der Waals surface area contributed by atoms with Gasteiger partial charge in [-0.25, -0.2) is 4.98 Å². The molecule has 1 aliphatic rings. The summed E-state index contributed by atoms with van der Waals surface area (Å²) in [6, 6.07) is 6.71. The summed E-state index contributed by atoms with van der Waals surface area (Å²) in [4.78, 5) is 33.9. The van der Waals surface area contributed by atoms with Crippen molar-refractivity contribution < 1.29 is 28.9 Å². The van der Waals surface area contributed by atoms with E-state index in [4.69, 9.17) is 19.9 Å². The minimum absolute atomic E-state index is 0.122. The molecule has 2 aromatic rings. The van der Waals surface area contributed by atoms with Crippen LogP contribution in [0.15, 0.2) is 29.8 Å². The van der Waals surface area contributed by atoms with Crippen molar-refractivity contribution in [2.75, 3.05) is 59.3 Å². The molecule has 2 heterocycles. The van der Waals surface area contributed by atoms with Gasteiger partial charge in [-0.15, -0.1) is 11.3 Å². The fourth-order valence-corrected chi connectivity index (χ4v) is 5.61. The molecule has 42 heavy (non-hydrogen) atoms. The largest absolute Gasteiger partial charge is 0.391 e.